The van der Waals surface area contributed by atoms with E-state index in [2.05, 4.69) is 10.6 Å². The van der Waals surface area contributed by atoms with E-state index in [1.54, 1.807) is 0 Å². The van der Waals surface area contributed by atoms with Crippen molar-refractivity contribution in [3.8, 4) is 17.9 Å². The summed E-state index contributed by atoms with van der Waals surface area (Å²) < 4.78 is 43.7. The summed E-state index contributed by atoms with van der Waals surface area (Å²) in [5, 5.41) is 23.5. The van der Waals surface area contributed by atoms with Crippen LogP contribution in [0.1, 0.15) is 42.4 Å². The molecule has 3 rings (SSSR count). The van der Waals surface area contributed by atoms with Gasteiger partial charge in [0.05, 0.1) is 34.9 Å². The van der Waals surface area contributed by atoms with E-state index in [0.29, 0.717) is 37.1 Å². The number of urea groups is 1. The van der Waals surface area contributed by atoms with Gasteiger partial charge >= 0.3 is 12.2 Å². The fourth-order valence-corrected chi connectivity index (χ4v) is 3.42. The molecule has 2 aromatic rings. The highest BCUT2D eigenvalue weighted by molar-refractivity contribution is 5.89. The molecule has 9 heteroatoms. The summed E-state index contributed by atoms with van der Waals surface area (Å²) in [4.78, 5) is 12.3. The molecule has 1 aliphatic rings. The minimum absolute atomic E-state index is 0.0814. The molecule has 1 saturated carbocycles. The van der Waals surface area contributed by atoms with Crippen molar-refractivity contribution in [2.75, 3.05) is 5.32 Å². The average Bonchev–Trinajstić information content (AvgIpc) is 2.74. The minimum Gasteiger partial charge on any atom is -0.490 e. The number of anilines is 1. The van der Waals surface area contributed by atoms with Crippen LogP contribution in [-0.4, -0.2) is 18.2 Å². The molecule has 0 radical (unpaired) electrons. The van der Waals surface area contributed by atoms with E-state index in [9.17, 15) is 18.0 Å². The van der Waals surface area contributed by atoms with E-state index in [1.807, 2.05) is 12.1 Å². The van der Waals surface area contributed by atoms with Crippen molar-refractivity contribution in [2.45, 2.75) is 44.0 Å². The Balaban J connectivity index is 1.47. The summed E-state index contributed by atoms with van der Waals surface area (Å²) in [6.45, 7) is 0. The number of nitriles is 2. The van der Waals surface area contributed by atoms with E-state index in [-0.39, 0.29) is 23.3 Å². The summed E-state index contributed by atoms with van der Waals surface area (Å²) in [7, 11) is 0. The molecular formula is C22H19F3N4O2. The molecule has 0 heterocycles. The van der Waals surface area contributed by atoms with Gasteiger partial charge in [0.25, 0.3) is 0 Å². The molecule has 31 heavy (non-hydrogen) atoms. The van der Waals surface area contributed by atoms with Crippen molar-refractivity contribution in [3.63, 3.8) is 0 Å². The molecule has 160 valence electrons. The van der Waals surface area contributed by atoms with Crippen LogP contribution in [0.4, 0.5) is 23.7 Å². The Hall–Kier alpha value is -3.72. The van der Waals surface area contributed by atoms with Gasteiger partial charge < -0.3 is 15.4 Å². The normalized spacial score (nSPS) is 18.4. The van der Waals surface area contributed by atoms with Gasteiger partial charge in [-0.05, 0) is 68.1 Å². The van der Waals surface area contributed by atoms with Gasteiger partial charge in [0, 0.05) is 11.7 Å². The second-order valence-electron chi connectivity index (χ2n) is 7.23. The Kier molecular flexibility index (Phi) is 6.66. The Morgan fingerprint density at radius 1 is 0.968 bits per heavy atom. The second kappa shape index (κ2) is 9.40. The Morgan fingerprint density at radius 2 is 1.55 bits per heavy atom. The lowest BCUT2D eigenvalue weighted by Gasteiger charge is -2.29. The number of nitrogens with zero attached hydrogens (tertiary/aromatic N) is 2. The highest BCUT2D eigenvalue weighted by Crippen LogP contribution is 2.31. The van der Waals surface area contributed by atoms with Gasteiger partial charge in [-0.15, -0.1) is 0 Å². The van der Waals surface area contributed by atoms with Gasteiger partial charge in [-0.1, -0.05) is 0 Å². The van der Waals surface area contributed by atoms with E-state index in [0.717, 1.165) is 12.1 Å². The van der Waals surface area contributed by atoms with Crippen LogP contribution in [-0.2, 0) is 6.18 Å². The highest BCUT2D eigenvalue weighted by atomic mass is 19.4. The molecule has 0 spiro atoms. The Bertz CT molecular complexity index is 983. The largest absolute Gasteiger partial charge is 0.490 e. The first-order chi connectivity index (χ1) is 14.8. The zero-order valence-electron chi connectivity index (χ0n) is 16.4. The van der Waals surface area contributed by atoms with Gasteiger partial charge in [0.2, 0.25) is 0 Å². The van der Waals surface area contributed by atoms with Crippen LogP contribution in [0.3, 0.4) is 0 Å². The zero-order valence-corrected chi connectivity index (χ0v) is 16.4. The Labute approximate surface area is 177 Å². The minimum atomic E-state index is -4.38. The number of carbonyl (C=O) groups excluding carboxylic acids is 1. The van der Waals surface area contributed by atoms with Crippen LogP contribution in [0.15, 0.2) is 42.5 Å². The predicted octanol–water partition coefficient (Wildman–Crippen LogP) is 4.96. The quantitative estimate of drug-likeness (QED) is 0.719. The smallest absolute Gasteiger partial charge is 0.416 e. The van der Waals surface area contributed by atoms with Gasteiger partial charge in [-0.3, -0.25) is 0 Å². The fraction of sp³-hybridized carbons (Fsp3) is 0.318. The van der Waals surface area contributed by atoms with Gasteiger partial charge in [-0.25, -0.2) is 4.79 Å². The predicted molar refractivity (Wildman–Crippen MR) is 106 cm³/mol. The number of nitrogens with one attached hydrogen (secondary N) is 2. The summed E-state index contributed by atoms with van der Waals surface area (Å²) in [5.41, 5.74) is 0.180. The third-order valence-electron chi connectivity index (χ3n) is 4.94. The number of hydrogen-bond donors (Lipinski definition) is 2. The molecule has 6 nitrogen and oxygen atoms in total. The number of ether oxygens (including phenoxy) is 1. The molecule has 0 saturated heterocycles. The maximum atomic E-state index is 12.6. The Morgan fingerprint density at radius 3 is 2.06 bits per heavy atom. The first kappa shape index (κ1) is 22.0. The van der Waals surface area contributed by atoms with Crippen LogP contribution >= 0.6 is 0 Å². The van der Waals surface area contributed by atoms with Crippen LogP contribution in [0.2, 0.25) is 0 Å². The summed E-state index contributed by atoms with van der Waals surface area (Å²) in [6, 6.07) is 12.4. The van der Waals surface area contributed by atoms with Crippen molar-refractivity contribution in [1.29, 1.82) is 10.5 Å². The molecule has 0 aliphatic heterocycles. The van der Waals surface area contributed by atoms with E-state index in [1.165, 1.54) is 30.3 Å². The molecule has 0 atom stereocenters. The van der Waals surface area contributed by atoms with Crippen LogP contribution in [0, 0.1) is 22.7 Å². The maximum absolute atomic E-state index is 12.6. The molecule has 0 unspecified atom stereocenters. The zero-order chi connectivity index (χ0) is 22.4. The molecule has 1 aliphatic carbocycles. The van der Waals surface area contributed by atoms with E-state index < -0.39 is 17.8 Å². The number of alkyl halides is 3. The lowest BCUT2D eigenvalue weighted by atomic mass is 9.93. The molecule has 2 aromatic carbocycles. The van der Waals surface area contributed by atoms with Crippen molar-refractivity contribution in [3.05, 3.63) is 59.2 Å². The SMILES string of the molecule is N#Cc1cc(C#N)cc(NC(=O)NC2CCC(Oc3ccc(C(F)(F)F)cc3)CC2)c1. The molecule has 0 aromatic heterocycles. The molecule has 0 bridgehead atoms. The van der Waals surface area contributed by atoms with Crippen LogP contribution in [0.5, 0.6) is 5.75 Å². The summed E-state index contributed by atoms with van der Waals surface area (Å²) in [5.74, 6) is 0.382. The molecule has 2 amide bonds. The van der Waals surface area contributed by atoms with E-state index >= 15 is 0 Å². The average molecular weight is 428 g/mol. The number of amides is 2. The van der Waals surface area contributed by atoms with Crippen molar-refractivity contribution < 1.29 is 22.7 Å². The lowest BCUT2D eigenvalue weighted by molar-refractivity contribution is -0.137. The molecule has 2 N–H and O–H groups in total. The van der Waals surface area contributed by atoms with Gasteiger partial charge in [0.1, 0.15) is 5.75 Å². The number of benzene rings is 2. The number of hydrogen-bond acceptors (Lipinski definition) is 4. The monoisotopic (exact) mass is 428 g/mol. The van der Waals surface area contributed by atoms with Gasteiger partial charge in [-0.2, -0.15) is 23.7 Å². The van der Waals surface area contributed by atoms with E-state index in [4.69, 9.17) is 15.3 Å². The third kappa shape index (κ3) is 6.13. The summed E-state index contributed by atoms with van der Waals surface area (Å²) in [6.07, 6.45) is -1.91. The van der Waals surface area contributed by atoms with Crippen LogP contribution in [0.25, 0.3) is 0 Å². The first-order valence-electron chi connectivity index (χ1n) is 9.63. The number of carbonyl (C=O) groups is 1. The first-order valence-corrected chi connectivity index (χ1v) is 9.63. The standard InChI is InChI=1S/C22H19F3N4O2/c23-22(24,25)16-1-5-19(6-2-16)31-20-7-3-17(4-8-20)28-21(30)29-18-10-14(12-26)9-15(11-18)13-27/h1-2,5-6,9-11,17,20H,3-4,7-8H2,(H2,28,29,30). The van der Waals surface area contributed by atoms with Gasteiger partial charge in [0.15, 0.2) is 0 Å². The summed E-state index contributed by atoms with van der Waals surface area (Å²) >= 11 is 0. The lowest BCUT2D eigenvalue weighted by Crippen LogP contribution is -2.41. The number of rotatable bonds is 4. The highest BCUT2D eigenvalue weighted by Gasteiger charge is 2.30. The molecule has 1 fully saturated rings. The van der Waals surface area contributed by atoms with Crippen molar-refractivity contribution in [2.24, 2.45) is 0 Å². The van der Waals surface area contributed by atoms with Crippen molar-refractivity contribution in [1.82, 2.24) is 5.32 Å². The fourth-order valence-electron chi connectivity index (χ4n) is 3.42. The third-order valence-corrected chi connectivity index (χ3v) is 4.94. The maximum Gasteiger partial charge on any atom is 0.416 e. The van der Waals surface area contributed by atoms with Crippen molar-refractivity contribution >= 4 is 11.7 Å². The van der Waals surface area contributed by atoms with Crippen LogP contribution < -0.4 is 15.4 Å². The number of halogens is 3. The molecular weight excluding hydrogens is 409 g/mol. The topological polar surface area (TPSA) is 97.9 Å². The second-order valence-corrected chi connectivity index (χ2v) is 7.23.